The van der Waals surface area contributed by atoms with E-state index in [-0.39, 0.29) is 0 Å². The van der Waals surface area contributed by atoms with Crippen LogP contribution in [0.1, 0.15) is 5.56 Å². The molecule has 2 heteroatoms. The van der Waals surface area contributed by atoms with E-state index in [1.807, 2.05) is 21.5 Å². The second-order valence-electron chi connectivity index (χ2n) is 1.61. The Morgan fingerprint density at radius 1 is 1.62 bits per heavy atom. The van der Waals surface area contributed by atoms with Crippen molar-refractivity contribution in [2.24, 2.45) is 0 Å². The molecule has 1 aromatic rings. The Bertz CT molecular complexity index is 150. The summed E-state index contributed by atoms with van der Waals surface area (Å²) in [5, 5.41) is 0. The maximum absolute atomic E-state index is 3.96. The Kier molecular flexibility index (Phi) is 1.99. The smallest absolute Gasteiger partial charge is 0.0789 e. The van der Waals surface area contributed by atoms with Crippen LogP contribution in [-0.2, 0) is 6.16 Å². The molecule has 0 aliphatic carbocycles. The molecule has 0 aromatic carbocycles. The molecule has 0 saturated carbocycles. The summed E-state index contributed by atoms with van der Waals surface area (Å²) in [7, 11) is 1.94. The summed E-state index contributed by atoms with van der Waals surface area (Å²) in [6, 6.07) is 4.04. The summed E-state index contributed by atoms with van der Waals surface area (Å²) < 4.78 is 0. The number of pyridine rings is 1. The van der Waals surface area contributed by atoms with Gasteiger partial charge in [-0.2, -0.15) is 0 Å². The molecule has 1 nitrogen and oxygen atoms in total. The predicted molar refractivity (Wildman–Crippen MR) is 39.0 cm³/mol. The molecule has 0 aliphatic rings. The first-order valence-electron chi connectivity index (χ1n) is 2.61. The molecule has 42 valence electrons. The highest BCUT2D eigenvalue weighted by atomic mass is 31.0. The molecule has 0 radical (unpaired) electrons. The molecule has 0 N–H and O–H groups in total. The number of hydrogen-bond donors (Lipinski definition) is 0. The van der Waals surface area contributed by atoms with Gasteiger partial charge in [0.2, 0.25) is 0 Å². The van der Waals surface area contributed by atoms with E-state index in [9.17, 15) is 0 Å². The van der Waals surface area contributed by atoms with Gasteiger partial charge < -0.3 is 0 Å². The first-order chi connectivity index (χ1) is 3.93. The van der Waals surface area contributed by atoms with Gasteiger partial charge in [-0.05, 0) is 15.3 Å². The highest BCUT2D eigenvalue weighted by molar-refractivity contribution is 7.15. The lowest BCUT2D eigenvalue weighted by Gasteiger charge is -1.85. The predicted octanol–water partition coefficient (Wildman–Crippen LogP) is 1.19. The highest BCUT2D eigenvalue weighted by Crippen LogP contribution is 2.00. The van der Waals surface area contributed by atoms with Crippen LogP contribution in [0.5, 0.6) is 0 Å². The van der Waals surface area contributed by atoms with E-state index in [0.29, 0.717) is 0 Å². The lowest BCUT2D eigenvalue weighted by Crippen LogP contribution is -1.75. The van der Waals surface area contributed by atoms with Crippen molar-refractivity contribution < 1.29 is 0 Å². The van der Waals surface area contributed by atoms with Gasteiger partial charge in [-0.15, -0.1) is 0 Å². The van der Waals surface area contributed by atoms with E-state index in [0.717, 1.165) is 6.16 Å². The molecule has 0 fully saturated rings. The first-order valence-corrected chi connectivity index (χ1v) is 3.61. The van der Waals surface area contributed by atoms with Crippen molar-refractivity contribution in [3.8, 4) is 0 Å². The van der Waals surface area contributed by atoms with E-state index in [1.165, 1.54) is 5.56 Å². The summed E-state index contributed by atoms with van der Waals surface area (Å²) in [6.45, 7) is 0. The second-order valence-corrected chi connectivity index (χ2v) is 2.11. The van der Waals surface area contributed by atoms with E-state index < -0.39 is 0 Å². The van der Waals surface area contributed by atoms with Gasteiger partial charge >= 0.3 is 0 Å². The zero-order valence-electron chi connectivity index (χ0n) is 4.67. The fourth-order valence-electron chi connectivity index (χ4n) is 0.546. The highest BCUT2D eigenvalue weighted by Gasteiger charge is 1.84. The van der Waals surface area contributed by atoms with E-state index in [4.69, 9.17) is 0 Å². The van der Waals surface area contributed by atoms with Crippen LogP contribution >= 0.6 is 9.24 Å². The van der Waals surface area contributed by atoms with Gasteiger partial charge in [-0.25, -0.2) is 0 Å². The fraction of sp³-hybridized carbons (Fsp3) is 0.167. The second kappa shape index (κ2) is 2.78. The van der Waals surface area contributed by atoms with Gasteiger partial charge in [0.05, 0.1) is 6.16 Å². The third kappa shape index (κ3) is 1.28. The number of hydrogen-bond acceptors (Lipinski definition) is 1. The molecule has 0 spiro atoms. The van der Waals surface area contributed by atoms with Crippen molar-refractivity contribution in [2.45, 2.75) is 6.16 Å². The van der Waals surface area contributed by atoms with Crippen LogP contribution in [0.25, 0.3) is 0 Å². The minimum absolute atomic E-state index is 1.10. The SMILES string of the molecule is [PH3+]Cc1cccnc1. The van der Waals surface area contributed by atoms with E-state index >= 15 is 0 Å². The summed E-state index contributed by atoms with van der Waals surface area (Å²) >= 11 is 0. The third-order valence-corrected chi connectivity index (χ3v) is 1.59. The van der Waals surface area contributed by atoms with Crippen molar-refractivity contribution in [3.05, 3.63) is 30.1 Å². The van der Waals surface area contributed by atoms with Crippen LogP contribution in [0, 0.1) is 0 Å². The number of rotatable bonds is 1. The number of nitrogens with zero attached hydrogens (tertiary/aromatic N) is 1. The summed E-state index contributed by atoms with van der Waals surface area (Å²) in [6.07, 6.45) is 4.79. The van der Waals surface area contributed by atoms with Gasteiger partial charge in [-0.1, -0.05) is 6.07 Å². The third-order valence-electron chi connectivity index (χ3n) is 1.01. The molecule has 1 atom stereocenters. The Morgan fingerprint density at radius 2 is 2.50 bits per heavy atom. The average Bonchev–Trinajstić information content (AvgIpc) is 1.90. The van der Waals surface area contributed by atoms with Gasteiger partial charge in [0.15, 0.2) is 0 Å². The van der Waals surface area contributed by atoms with Crippen LogP contribution in [0.4, 0.5) is 0 Å². The van der Waals surface area contributed by atoms with Gasteiger partial charge in [-0.3, -0.25) is 4.98 Å². The number of aromatic nitrogens is 1. The van der Waals surface area contributed by atoms with Gasteiger partial charge in [0, 0.05) is 18.0 Å². The minimum Gasteiger partial charge on any atom is -0.264 e. The van der Waals surface area contributed by atoms with E-state index in [1.54, 1.807) is 6.20 Å². The van der Waals surface area contributed by atoms with Crippen molar-refractivity contribution in [3.63, 3.8) is 0 Å². The molecule has 0 amide bonds. The van der Waals surface area contributed by atoms with Crippen molar-refractivity contribution in [1.29, 1.82) is 0 Å². The zero-order valence-corrected chi connectivity index (χ0v) is 6.09. The van der Waals surface area contributed by atoms with Crippen molar-refractivity contribution in [2.75, 3.05) is 0 Å². The molecule has 1 unspecified atom stereocenters. The molecular weight excluding hydrogens is 117 g/mol. The maximum Gasteiger partial charge on any atom is 0.0789 e. The molecular formula is C6H9NP+. The lowest BCUT2D eigenvalue weighted by atomic mass is 10.3. The quantitative estimate of drug-likeness (QED) is 0.515. The largest absolute Gasteiger partial charge is 0.264 e. The molecule has 0 saturated heterocycles. The van der Waals surface area contributed by atoms with E-state index in [2.05, 4.69) is 11.1 Å². The Labute approximate surface area is 51.3 Å². The van der Waals surface area contributed by atoms with Crippen LogP contribution < -0.4 is 0 Å². The molecule has 0 bridgehead atoms. The molecule has 8 heavy (non-hydrogen) atoms. The average molecular weight is 126 g/mol. The Balaban J connectivity index is 2.83. The Morgan fingerprint density at radius 3 is 2.88 bits per heavy atom. The van der Waals surface area contributed by atoms with Crippen molar-refractivity contribution in [1.82, 2.24) is 4.98 Å². The topological polar surface area (TPSA) is 12.9 Å². The first kappa shape index (κ1) is 5.71. The fourth-order valence-corrected chi connectivity index (χ4v) is 0.842. The van der Waals surface area contributed by atoms with Crippen LogP contribution in [-0.4, -0.2) is 4.98 Å². The minimum atomic E-state index is 1.10. The normalized spacial score (nSPS) is 9.50. The standard InChI is InChI=1S/C6H8NP/c8-5-6-2-1-3-7-4-6/h1-4H,5,8H2/p+1. The van der Waals surface area contributed by atoms with Crippen LogP contribution in [0.3, 0.4) is 0 Å². The monoisotopic (exact) mass is 126 g/mol. The summed E-state index contributed by atoms with van der Waals surface area (Å²) in [4.78, 5) is 3.96. The zero-order chi connectivity index (χ0) is 5.82. The molecule has 1 heterocycles. The lowest BCUT2D eigenvalue weighted by molar-refractivity contribution is 1.25. The van der Waals surface area contributed by atoms with Crippen LogP contribution in [0.15, 0.2) is 24.5 Å². The maximum atomic E-state index is 3.96. The molecule has 1 rings (SSSR count). The van der Waals surface area contributed by atoms with Gasteiger partial charge in [0.25, 0.3) is 0 Å². The van der Waals surface area contributed by atoms with Crippen LogP contribution in [0.2, 0.25) is 0 Å². The molecule has 1 aromatic heterocycles. The van der Waals surface area contributed by atoms with Crippen molar-refractivity contribution >= 4 is 9.24 Å². The van der Waals surface area contributed by atoms with Gasteiger partial charge in [0.1, 0.15) is 0 Å². The summed E-state index contributed by atoms with van der Waals surface area (Å²) in [5.74, 6) is 0. The Hall–Kier alpha value is -0.420. The molecule has 0 aliphatic heterocycles. The summed E-state index contributed by atoms with van der Waals surface area (Å²) in [5.41, 5.74) is 1.31.